The molecule has 0 N–H and O–H groups in total. The van der Waals surface area contributed by atoms with Crippen molar-refractivity contribution in [2.45, 2.75) is 33.7 Å². The second-order valence-electron chi connectivity index (χ2n) is 8.17. The van der Waals surface area contributed by atoms with E-state index in [2.05, 4.69) is 48.4 Å². The van der Waals surface area contributed by atoms with Crippen LogP contribution in [0.2, 0.25) is 0 Å². The van der Waals surface area contributed by atoms with Gasteiger partial charge in [0.25, 0.3) is 0 Å². The van der Waals surface area contributed by atoms with E-state index in [0.29, 0.717) is 12.2 Å². The molecule has 5 nitrogen and oxygen atoms in total. The Balaban J connectivity index is 1.49. The highest BCUT2D eigenvalue weighted by Gasteiger charge is 2.60. The summed E-state index contributed by atoms with van der Waals surface area (Å²) in [7, 11) is 0. The predicted molar refractivity (Wildman–Crippen MR) is 102 cm³/mol. The number of hydrogen-bond donors (Lipinski definition) is 0. The van der Waals surface area contributed by atoms with Gasteiger partial charge in [0.1, 0.15) is 0 Å². The van der Waals surface area contributed by atoms with Gasteiger partial charge in [-0.15, -0.1) is 0 Å². The Morgan fingerprint density at radius 1 is 0.963 bits per heavy atom. The number of rotatable bonds is 3. The summed E-state index contributed by atoms with van der Waals surface area (Å²) in [4.78, 5) is 27.7. The molecule has 0 spiro atoms. The van der Waals surface area contributed by atoms with Crippen LogP contribution in [0.25, 0.3) is 0 Å². The molecule has 5 rings (SSSR count). The van der Waals surface area contributed by atoms with Crippen LogP contribution in [0.5, 0.6) is 0 Å². The van der Waals surface area contributed by atoms with Gasteiger partial charge in [-0.1, -0.05) is 42.0 Å². The number of benzene rings is 1. The SMILES string of the molecule is Cc1ccc(Cn2nc(C)c(N3C(=O)[C@@H]4[C@H](C3=O)[C@H]3C=C[C@H]4C3)c2C)cc1. The van der Waals surface area contributed by atoms with Crippen molar-refractivity contribution in [1.29, 1.82) is 0 Å². The lowest BCUT2D eigenvalue weighted by atomic mass is 9.85. The first-order valence-electron chi connectivity index (χ1n) is 9.61. The van der Waals surface area contributed by atoms with E-state index in [4.69, 9.17) is 0 Å². The molecule has 1 aliphatic heterocycles. The third kappa shape index (κ3) is 2.27. The second kappa shape index (κ2) is 5.65. The molecule has 1 aromatic carbocycles. The molecule has 27 heavy (non-hydrogen) atoms. The Labute approximate surface area is 158 Å². The van der Waals surface area contributed by atoms with Gasteiger partial charge in [-0.3, -0.25) is 14.3 Å². The molecule has 1 saturated heterocycles. The summed E-state index contributed by atoms with van der Waals surface area (Å²) < 4.78 is 1.90. The Kier molecular flexibility index (Phi) is 3.45. The summed E-state index contributed by atoms with van der Waals surface area (Å²) in [5.41, 5.74) is 4.66. The normalized spacial score (nSPS) is 28.5. The Hall–Kier alpha value is -2.69. The van der Waals surface area contributed by atoms with Crippen LogP contribution in [0.15, 0.2) is 36.4 Å². The summed E-state index contributed by atoms with van der Waals surface area (Å²) in [6.07, 6.45) is 5.20. The maximum Gasteiger partial charge on any atom is 0.238 e. The number of imide groups is 1. The third-order valence-corrected chi connectivity index (χ3v) is 6.49. The van der Waals surface area contributed by atoms with Crippen LogP contribution >= 0.6 is 0 Å². The largest absolute Gasteiger partial charge is 0.274 e. The Morgan fingerprint density at radius 2 is 1.56 bits per heavy atom. The molecule has 1 aromatic heterocycles. The number of hydrogen-bond acceptors (Lipinski definition) is 3. The van der Waals surface area contributed by atoms with E-state index in [1.165, 1.54) is 10.5 Å². The highest BCUT2D eigenvalue weighted by molar-refractivity contribution is 6.23. The molecule has 2 heterocycles. The maximum absolute atomic E-state index is 13.1. The summed E-state index contributed by atoms with van der Waals surface area (Å²) in [5, 5.41) is 4.64. The smallest absolute Gasteiger partial charge is 0.238 e. The van der Waals surface area contributed by atoms with Crippen molar-refractivity contribution in [3.63, 3.8) is 0 Å². The molecule has 2 bridgehead atoms. The number of allylic oxidation sites excluding steroid dienone is 2. The van der Waals surface area contributed by atoms with Crippen LogP contribution in [-0.2, 0) is 16.1 Å². The Morgan fingerprint density at radius 3 is 2.15 bits per heavy atom. The first-order chi connectivity index (χ1) is 13.0. The average Bonchev–Trinajstić information content (AvgIpc) is 3.37. The molecule has 5 heteroatoms. The van der Waals surface area contributed by atoms with Crippen molar-refractivity contribution < 1.29 is 9.59 Å². The number of aromatic nitrogens is 2. The molecule has 4 atom stereocenters. The second-order valence-corrected chi connectivity index (χ2v) is 8.17. The van der Waals surface area contributed by atoms with Gasteiger partial charge in [0, 0.05) is 0 Å². The van der Waals surface area contributed by atoms with Crippen molar-refractivity contribution in [3.8, 4) is 0 Å². The number of aryl methyl sites for hydroxylation is 2. The summed E-state index contributed by atoms with van der Waals surface area (Å²) in [5.74, 6) is 0.0266. The van der Waals surface area contributed by atoms with Crippen molar-refractivity contribution in [2.24, 2.45) is 23.7 Å². The molecule has 2 aromatic rings. The lowest BCUT2D eigenvalue weighted by Crippen LogP contribution is -2.33. The van der Waals surface area contributed by atoms with Crippen molar-refractivity contribution >= 4 is 17.5 Å². The number of amides is 2. The molecular weight excluding hydrogens is 338 g/mol. The lowest BCUT2D eigenvalue weighted by Gasteiger charge is -2.18. The Bertz CT molecular complexity index is 956. The maximum atomic E-state index is 13.1. The topological polar surface area (TPSA) is 55.2 Å². The summed E-state index contributed by atoms with van der Waals surface area (Å²) in [6, 6.07) is 8.34. The van der Waals surface area contributed by atoms with E-state index in [0.717, 1.165) is 23.4 Å². The van der Waals surface area contributed by atoms with Crippen LogP contribution in [0.1, 0.15) is 28.9 Å². The van der Waals surface area contributed by atoms with Gasteiger partial charge in [0.2, 0.25) is 11.8 Å². The molecule has 2 fully saturated rings. The quantitative estimate of drug-likeness (QED) is 0.623. The van der Waals surface area contributed by atoms with Crippen molar-refractivity contribution in [3.05, 3.63) is 58.9 Å². The average molecular weight is 361 g/mol. The fourth-order valence-electron chi connectivity index (χ4n) is 5.15. The van der Waals surface area contributed by atoms with Crippen LogP contribution in [0.4, 0.5) is 5.69 Å². The highest BCUT2D eigenvalue weighted by atomic mass is 16.2. The van der Waals surface area contributed by atoms with Crippen molar-refractivity contribution in [1.82, 2.24) is 9.78 Å². The monoisotopic (exact) mass is 361 g/mol. The van der Waals surface area contributed by atoms with Gasteiger partial charge in [0.05, 0.1) is 35.5 Å². The van der Waals surface area contributed by atoms with Gasteiger partial charge in [-0.2, -0.15) is 5.10 Å². The van der Waals surface area contributed by atoms with Gasteiger partial charge >= 0.3 is 0 Å². The van der Waals surface area contributed by atoms with E-state index in [-0.39, 0.29) is 35.5 Å². The zero-order valence-electron chi connectivity index (χ0n) is 15.8. The number of nitrogens with zero attached hydrogens (tertiary/aromatic N) is 3. The van der Waals surface area contributed by atoms with E-state index in [1.807, 2.05) is 18.5 Å². The first kappa shape index (κ1) is 16.5. The molecule has 0 unspecified atom stereocenters. The number of anilines is 1. The first-order valence-corrected chi connectivity index (χ1v) is 9.61. The van der Waals surface area contributed by atoms with E-state index >= 15 is 0 Å². The zero-order valence-corrected chi connectivity index (χ0v) is 15.8. The highest BCUT2D eigenvalue weighted by Crippen LogP contribution is 2.53. The summed E-state index contributed by atoms with van der Waals surface area (Å²) in [6.45, 7) is 6.53. The fraction of sp³-hybridized carbons (Fsp3) is 0.409. The van der Waals surface area contributed by atoms with Gasteiger partial charge in [-0.05, 0) is 44.6 Å². The molecule has 2 amide bonds. The lowest BCUT2D eigenvalue weighted by molar-refractivity contribution is -0.123. The van der Waals surface area contributed by atoms with Crippen LogP contribution in [0.3, 0.4) is 0 Å². The van der Waals surface area contributed by atoms with Crippen LogP contribution in [0, 0.1) is 44.4 Å². The third-order valence-electron chi connectivity index (χ3n) is 6.49. The van der Waals surface area contributed by atoms with Gasteiger partial charge < -0.3 is 0 Å². The van der Waals surface area contributed by atoms with Crippen LogP contribution in [-0.4, -0.2) is 21.6 Å². The number of carbonyl (C=O) groups excluding carboxylic acids is 2. The van der Waals surface area contributed by atoms with Gasteiger partial charge in [0.15, 0.2) is 0 Å². The number of carbonyl (C=O) groups is 2. The molecule has 2 aliphatic carbocycles. The van der Waals surface area contributed by atoms with E-state index in [9.17, 15) is 9.59 Å². The zero-order chi connectivity index (χ0) is 18.9. The van der Waals surface area contributed by atoms with Gasteiger partial charge in [-0.25, -0.2) is 4.90 Å². The van der Waals surface area contributed by atoms with E-state index in [1.54, 1.807) is 0 Å². The minimum Gasteiger partial charge on any atom is -0.274 e. The molecule has 1 saturated carbocycles. The molecular formula is C22H23N3O2. The van der Waals surface area contributed by atoms with E-state index < -0.39 is 0 Å². The minimum absolute atomic E-state index is 0.0389. The predicted octanol–water partition coefficient (Wildman–Crippen LogP) is 3.17. The summed E-state index contributed by atoms with van der Waals surface area (Å²) >= 11 is 0. The number of fused-ring (bicyclic) bond motifs is 5. The molecule has 0 radical (unpaired) electrons. The molecule has 3 aliphatic rings. The van der Waals surface area contributed by atoms with Crippen LogP contribution < -0.4 is 4.90 Å². The standard InChI is InChI=1S/C22H23N3O2/c1-12-4-6-15(7-5-12)11-24-14(3)20(13(2)23-24)25-21(26)18-16-8-9-17(10-16)19(18)22(25)27/h4-9,16-19H,10-11H2,1-3H3/t16-,17-,18-,19+/m0/s1. The molecule has 138 valence electrons. The minimum atomic E-state index is -0.174. The fourth-order valence-corrected chi connectivity index (χ4v) is 5.15. The van der Waals surface area contributed by atoms with Crippen molar-refractivity contribution in [2.75, 3.05) is 4.90 Å².